The second-order valence-corrected chi connectivity index (χ2v) is 8.10. The molecular formula is C23H31N7O3. The van der Waals surface area contributed by atoms with Crippen molar-refractivity contribution < 1.29 is 14.3 Å². The van der Waals surface area contributed by atoms with Gasteiger partial charge in [-0.25, -0.2) is 0 Å². The third kappa shape index (κ3) is 6.87. The summed E-state index contributed by atoms with van der Waals surface area (Å²) in [7, 11) is 0. The number of nitrogens with zero attached hydrogens (tertiary/aromatic N) is 5. The first-order valence-electron chi connectivity index (χ1n) is 11.4. The van der Waals surface area contributed by atoms with Crippen LogP contribution in [0.1, 0.15) is 35.3 Å². The number of likely N-dealkylation sites (tertiary alicyclic amines) is 1. The molecule has 3 N–H and O–H groups in total. The van der Waals surface area contributed by atoms with E-state index in [1.165, 1.54) is 19.3 Å². The highest BCUT2D eigenvalue weighted by Crippen LogP contribution is 2.18. The predicted octanol–water partition coefficient (Wildman–Crippen LogP) is 1.72. The highest BCUT2D eigenvalue weighted by atomic mass is 16.5. The Morgan fingerprint density at radius 2 is 1.97 bits per heavy atom. The molecule has 10 nitrogen and oxygen atoms in total. The van der Waals surface area contributed by atoms with Gasteiger partial charge in [-0.1, -0.05) is 12.5 Å². The first-order valence-corrected chi connectivity index (χ1v) is 11.4. The first-order chi connectivity index (χ1) is 16.2. The number of morpholine rings is 1. The Balaban J connectivity index is 1.44. The van der Waals surface area contributed by atoms with E-state index in [1.807, 2.05) is 6.07 Å². The van der Waals surface area contributed by atoms with Crippen LogP contribution in [0.2, 0.25) is 0 Å². The fourth-order valence-electron chi connectivity index (χ4n) is 3.88. The van der Waals surface area contributed by atoms with Gasteiger partial charge in [0.05, 0.1) is 30.8 Å². The summed E-state index contributed by atoms with van der Waals surface area (Å²) in [6, 6.07) is 9.07. The minimum atomic E-state index is -0.486. The fourth-order valence-corrected chi connectivity index (χ4v) is 3.88. The number of carbonyl (C=O) groups is 1. The highest BCUT2D eigenvalue weighted by molar-refractivity contribution is 5.93. The molecule has 1 amide bonds. The number of rotatable bonds is 9. The quantitative estimate of drug-likeness (QED) is 0.435. The van der Waals surface area contributed by atoms with Crippen molar-refractivity contribution in [3.63, 3.8) is 0 Å². The van der Waals surface area contributed by atoms with Gasteiger partial charge in [-0.15, -0.1) is 0 Å². The number of nitrogens with one attached hydrogen (secondary N) is 1. The molecule has 2 aromatic rings. The van der Waals surface area contributed by atoms with Crippen molar-refractivity contribution in [3.8, 4) is 6.01 Å². The molecule has 2 saturated heterocycles. The summed E-state index contributed by atoms with van der Waals surface area (Å²) < 4.78 is 11.4. The second kappa shape index (κ2) is 11.6. The lowest BCUT2D eigenvalue weighted by atomic mass is 10.1. The van der Waals surface area contributed by atoms with Crippen LogP contribution in [0.4, 0.5) is 11.5 Å². The molecule has 176 valence electrons. The summed E-state index contributed by atoms with van der Waals surface area (Å²) in [5.41, 5.74) is 9.95. The van der Waals surface area contributed by atoms with Gasteiger partial charge in [0.1, 0.15) is 12.4 Å². The zero-order valence-electron chi connectivity index (χ0n) is 18.8. The van der Waals surface area contributed by atoms with E-state index < -0.39 is 5.91 Å². The highest BCUT2D eigenvalue weighted by Gasteiger charge is 2.16. The van der Waals surface area contributed by atoms with Crippen molar-refractivity contribution >= 4 is 23.6 Å². The van der Waals surface area contributed by atoms with E-state index in [0.29, 0.717) is 42.8 Å². The van der Waals surface area contributed by atoms with Crippen molar-refractivity contribution in [1.29, 1.82) is 0 Å². The Morgan fingerprint density at radius 1 is 1.15 bits per heavy atom. The van der Waals surface area contributed by atoms with Crippen LogP contribution in [0.3, 0.4) is 0 Å². The van der Waals surface area contributed by atoms with Gasteiger partial charge in [0.2, 0.25) is 5.91 Å². The molecule has 2 aliphatic heterocycles. The summed E-state index contributed by atoms with van der Waals surface area (Å²) in [5, 5.41) is 4.27. The van der Waals surface area contributed by atoms with Crippen LogP contribution >= 0.6 is 0 Å². The third-order valence-corrected chi connectivity index (χ3v) is 5.67. The number of anilines is 2. The largest absolute Gasteiger partial charge is 0.462 e. The maximum atomic E-state index is 11.4. The average Bonchev–Trinajstić information content (AvgIpc) is 2.85. The number of benzene rings is 1. The normalized spacial score (nSPS) is 17.3. The Morgan fingerprint density at radius 3 is 2.76 bits per heavy atom. The molecule has 0 aliphatic carbocycles. The van der Waals surface area contributed by atoms with Crippen molar-refractivity contribution in [2.75, 3.05) is 62.9 Å². The molecule has 2 fully saturated rings. The van der Waals surface area contributed by atoms with Crippen molar-refractivity contribution in [1.82, 2.24) is 14.9 Å². The summed E-state index contributed by atoms with van der Waals surface area (Å²) in [4.78, 5) is 25.1. The third-order valence-electron chi connectivity index (χ3n) is 5.67. The van der Waals surface area contributed by atoms with Gasteiger partial charge < -0.3 is 20.1 Å². The van der Waals surface area contributed by atoms with E-state index >= 15 is 0 Å². The van der Waals surface area contributed by atoms with Crippen LogP contribution in [0, 0.1) is 0 Å². The van der Waals surface area contributed by atoms with Crippen molar-refractivity contribution in [2.45, 2.75) is 19.3 Å². The molecule has 3 heterocycles. The number of amides is 1. The number of piperidine rings is 1. The molecule has 0 bridgehead atoms. The van der Waals surface area contributed by atoms with Crippen LogP contribution in [-0.4, -0.2) is 79.5 Å². The maximum Gasteiger partial charge on any atom is 0.319 e. The summed E-state index contributed by atoms with van der Waals surface area (Å²) >= 11 is 0. The minimum Gasteiger partial charge on any atom is -0.462 e. The van der Waals surface area contributed by atoms with E-state index in [4.69, 9.17) is 15.2 Å². The van der Waals surface area contributed by atoms with Gasteiger partial charge in [-0.05, 0) is 44.1 Å². The smallest absolute Gasteiger partial charge is 0.319 e. The lowest BCUT2D eigenvalue weighted by Gasteiger charge is -2.28. The maximum absolute atomic E-state index is 11.4. The van der Waals surface area contributed by atoms with Crippen LogP contribution < -0.4 is 20.8 Å². The zero-order valence-corrected chi connectivity index (χ0v) is 18.8. The number of ether oxygens (including phenoxy) is 2. The molecular weight excluding hydrogens is 422 g/mol. The number of hydrogen-bond donors (Lipinski definition) is 2. The van der Waals surface area contributed by atoms with Gasteiger partial charge in [0.25, 0.3) is 0 Å². The molecule has 4 rings (SSSR count). The van der Waals surface area contributed by atoms with E-state index in [-0.39, 0.29) is 0 Å². The van der Waals surface area contributed by atoms with Crippen LogP contribution in [0.25, 0.3) is 0 Å². The van der Waals surface area contributed by atoms with Crippen molar-refractivity contribution in [3.05, 3.63) is 41.6 Å². The van der Waals surface area contributed by atoms with E-state index in [1.54, 1.807) is 30.5 Å². The SMILES string of the molecule is NC(=O)c1cccc(N/N=C/c2cc(N3CCOCC3)nc(OCCN3CCCCC3)n2)c1. The Bertz CT molecular complexity index is 957. The average molecular weight is 454 g/mol. The van der Waals surface area contributed by atoms with Crippen LogP contribution in [0.15, 0.2) is 35.4 Å². The van der Waals surface area contributed by atoms with Crippen molar-refractivity contribution in [2.24, 2.45) is 10.8 Å². The van der Waals surface area contributed by atoms with Gasteiger partial charge in [-0.2, -0.15) is 15.1 Å². The molecule has 2 aliphatic rings. The number of hydrogen-bond acceptors (Lipinski definition) is 9. The second-order valence-electron chi connectivity index (χ2n) is 8.10. The van der Waals surface area contributed by atoms with E-state index in [2.05, 4.69) is 30.3 Å². The standard InChI is InChI=1S/C23H31N7O3/c24-22(31)18-5-4-6-19(15-18)28-25-17-20-16-21(30-10-12-32-13-11-30)27-23(26-20)33-14-9-29-7-2-1-3-8-29/h4-6,15-17,28H,1-3,7-14H2,(H2,24,31)/b25-17+. The fraction of sp³-hybridized carbons (Fsp3) is 0.478. The molecule has 0 radical (unpaired) electrons. The van der Waals surface area contributed by atoms with Gasteiger partial charge >= 0.3 is 6.01 Å². The summed E-state index contributed by atoms with van der Waals surface area (Å²) in [6.07, 6.45) is 5.42. The summed E-state index contributed by atoms with van der Waals surface area (Å²) in [5.74, 6) is 0.304. The summed E-state index contributed by atoms with van der Waals surface area (Å²) in [6.45, 7) is 6.51. The number of primary amides is 1. The first kappa shape index (κ1) is 22.9. The van der Waals surface area contributed by atoms with Gasteiger partial charge in [0.15, 0.2) is 0 Å². The number of hydrazone groups is 1. The Labute approximate surface area is 193 Å². The Hall–Kier alpha value is -3.24. The number of carbonyl (C=O) groups excluding carboxylic acids is 1. The minimum absolute atomic E-state index is 0.341. The van der Waals surface area contributed by atoms with E-state index in [9.17, 15) is 4.79 Å². The molecule has 1 aromatic carbocycles. The predicted molar refractivity (Wildman–Crippen MR) is 127 cm³/mol. The molecule has 1 aromatic heterocycles. The topological polar surface area (TPSA) is 118 Å². The lowest BCUT2D eigenvalue weighted by Crippen LogP contribution is -2.37. The van der Waals surface area contributed by atoms with Gasteiger partial charge in [0, 0.05) is 31.3 Å². The Kier molecular flexibility index (Phi) is 8.04. The molecule has 0 saturated carbocycles. The molecule has 33 heavy (non-hydrogen) atoms. The molecule has 0 unspecified atom stereocenters. The number of nitrogens with two attached hydrogens (primary N) is 1. The molecule has 0 atom stereocenters. The zero-order chi connectivity index (χ0) is 22.9. The molecule has 10 heteroatoms. The van der Waals surface area contributed by atoms with Crippen LogP contribution in [-0.2, 0) is 4.74 Å². The monoisotopic (exact) mass is 453 g/mol. The number of aromatic nitrogens is 2. The van der Waals surface area contributed by atoms with E-state index in [0.717, 1.165) is 38.5 Å². The lowest BCUT2D eigenvalue weighted by molar-refractivity contribution is 0.100. The van der Waals surface area contributed by atoms with Crippen LogP contribution in [0.5, 0.6) is 6.01 Å². The molecule has 0 spiro atoms. The van der Waals surface area contributed by atoms with Gasteiger partial charge in [-0.3, -0.25) is 15.1 Å².